The van der Waals surface area contributed by atoms with Gasteiger partial charge in [0.25, 0.3) is 0 Å². The molecule has 13 heavy (non-hydrogen) atoms. The van der Waals surface area contributed by atoms with E-state index in [1.807, 2.05) is 19.1 Å². The van der Waals surface area contributed by atoms with Gasteiger partial charge in [0.1, 0.15) is 0 Å². The van der Waals surface area contributed by atoms with Gasteiger partial charge in [0.2, 0.25) is 5.91 Å². The fraction of sp³-hybridized carbons (Fsp3) is 0.333. The van der Waals surface area contributed by atoms with Gasteiger partial charge in [-0.1, -0.05) is 0 Å². The smallest absolute Gasteiger partial charge is 0.239 e. The van der Waals surface area contributed by atoms with Crippen LogP contribution in [0.5, 0.6) is 0 Å². The Morgan fingerprint density at radius 3 is 2.85 bits per heavy atom. The van der Waals surface area contributed by atoms with Gasteiger partial charge in [-0.05, 0) is 19.1 Å². The number of carbonyl (C=O) groups is 1. The van der Waals surface area contributed by atoms with Crippen molar-refractivity contribution in [1.82, 2.24) is 10.3 Å². The molecule has 4 nitrogen and oxygen atoms in total. The van der Waals surface area contributed by atoms with Crippen molar-refractivity contribution in [2.75, 3.05) is 18.9 Å². The fourth-order valence-electron chi connectivity index (χ4n) is 0.843. The lowest BCUT2D eigenvalue weighted by Crippen LogP contribution is -2.26. The van der Waals surface area contributed by atoms with Crippen LogP contribution in [0.3, 0.4) is 0 Å². The predicted octanol–water partition coefficient (Wildman–Crippen LogP) is 0.548. The summed E-state index contributed by atoms with van der Waals surface area (Å²) in [4.78, 5) is 14.9. The maximum absolute atomic E-state index is 10.9. The Bertz CT molecular complexity index is 281. The van der Waals surface area contributed by atoms with Crippen LogP contribution in [0, 0.1) is 6.92 Å². The van der Waals surface area contributed by atoms with E-state index in [4.69, 9.17) is 0 Å². The third-order valence-corrected chi connectivity index (χ3v) is 1.64. The van der Waals surface area contributed by atoms with Crippen LogP contribution in [-0.4, -0.2) is 24.5 Å². The number of aromatic nitrogens is 1. The molecule has 0 aliphatic heterocycles. The lowest BCUT2D eigenvalue weighted by atomic mass is 10.3. The van der Waals surface area contributed by atoms with Gasteiger partial charge < -0.3 is 10.6 Å². The van der Waals surface area contributed by atoms with E-state index in [1.165, 1.54) is 0 Å². The molecule has 1 aromatic heterocycles. The van der Waals surface area contributed by atoms with Crippen molar-refractivity contribution in [3.63, 3.8) is 0 Å². The number of likely N-dealkylation sites (N-methyl/N-ethyl adjacent to an activating group) is 1. The first kappa shape index (κ1) is 9.51. The first-order valence-corrected chi connectivity index (χ1v) is 4.09. The highest BCUT2D eigenvalue weighted by atomic mass is 16.1. The van der Waals surface area contributed by atoms with E-state index in [9.17, 15) is 4.79 Å². The largest absolute Gasteiger partial charge is 0.375 e. The molecule has 0 bridgehead atoms. The standard InChI is InChI=1S/C9H13N3O/c1-7-3-4-8(5-11-7)12-6-9(13)10-2/h3-5,12H,6H2,1-2H3,(H,10,13). The molecule has 4 heteroatoms. The molecular formula is C9H13N3O. The zero-order valence-electron chi connectivity index (χ0n) is 7.79. The van der Waals surface area contributed by atoms with Gasteiger partial charge in [0.05, 0.1) is 18.4 Å². The Labute approximate surface area is 77.4 Å². The molecule has 70 valence electrons. The number of nitrogens with one attached hydrogen (secondary N) is 2. The van der Waals surface area contributed by atoms with Crippen LogP contribution in [-0.2, 0) is 4.79 Å². The van der Waals surface area contributed by atoms with Crippen molar-refractivity contribution in [2.24, 2.45) is 0 Å². The molecule has 0 fully saturated rings. The van der Waals surface area contributed by atoms with Gasteiger partial charge >= 0.3 is 0 Å². The number of anilines is 1. The third-order valence-electron chi connectivity index (χ3n) is 1.64. The van der Waals surface area contributed by atoms with E-state index in [1.54, 1.807) is 13.2 Å². The molecule has 0 spiro atoms. The number of hydrogen-bond acceptors (Lipinski definition) is 3. The summed E-state index contributed by atoms with van der Waals surface area (Å²) in [7, 11) is 1.61. The molecule has 0 saturated carbocycles. The SMILES string of the molecule is CNC(=O)CNc1ccc(C)nc1. The van der Waals surface area contributed by atoms with Crippen LogP contribution >= 0.6 is 0 Å². The summed E-state index contributed by atoms with van der Waals surface area (Å²) < 4.78 is 0. The summed E-state index contributed by atoms with van der Waals surface area (Å²) in [6.07, 6.45) is 1.71. The molecular weight excluding hydrogens is 166 g/mol. The second kappa shape index (κ2) is 4.45. The van der Waals surface area contributed by atoms with Crippen LogP contribution in [0.25, 0.3) is 0 Å². The fourth-order valence-corrected chi connectivity index (χ4v) is 0.843. The molecule has 0 aliphatic carbocycles. The Kier molecular flexibility index (Phi) is 3.25. The Morgan fingerprint density at radius 1 is 1.54 bits per heavy atom. The van der Waals surface area contributed by atoms with Crippen molar-refractivity contribution < 1.29 is 4.79 Å². The minimum atomic E-state index is -0.0411. The van der Waals surface area contributed by atoms with Crippen molar-refractivity contribution >= 4 is 11.6 Å². The monoisotopic (exact) mass is 179 g/mol. The summed E-state index contributed by atoms with van der Waals surface area (Å²) in [5, 5.41) is 5.47. The highest BCUT2D eigenvalue weighted by molar-refractivity contribution is 5.80. The lowest BCUT2D eigenvalue weighted by molar-refractivity contribution is -0.118. The van der Waals surface area contributed by atoms with Crippen LogP contribution < -0.4 is 10.6 Å². The minimum absolute atomic E-state index is 0.0411. The number of nitrogens with zero attached hydrogens (tertiary/aromatic N) is 1. The molecule has 0 saturated heterocycles. The van der Waals surface area contributed by atoms with E-state index in [0.29, 0.717) is 0 Å². The third kappa shape index (κ3) is 3.11. The molecule has 0 aromatic carbocycles. The Balaban J connectivity index is 2.46. The second-order valence-electron chi connectivity index (χ2n) is 2.71. The van der Waals surface area contributed by atoms with E-state index >= 15 is 0 Å². The van der Waals surface area contributed by atoms with Gasteiger partial charge in [-0.25, -0.2) is 0 Å². The summed E-state index contributed by atoms with van der Waals surface area (Å²) in [5.74, 6) is -0.0411. The van der Waals surface area contributed by atoms with Crippen molar-refractivity contribution in [1.29, 1.82) is 0 Å². The number of carbonyl (C=O) groups excluding carboxylic acids is 1. The highest BCUT2D eigenvalue weighted by Gasteiger charge is 1.96. The summed E-state index contributed by atoms with van der Waals surface area (Å²) in [5.41, 5.74) is 1.82. The molecule has 1 amide bonds. The average Bonchev–Trinajstić information content (AvgIpc) is 2.16. The maximum atomic E-state index is 10.9. The normalized spacial score (nSPS) is 9.38. The van der Waals surface area contributed by atoms with Crippen molar-refractivity contribution in [3.05, 3.63) is 24.0 Å². The van der Waals surface area contributed by atoms with Crippen LogP contribution in [0.2, 0.25) is 0 Å². The number of pyridine rings is 1. The molecule has 2 N–H and O–H groups in total. The summed E-state index contributed by atoms with van der Waals surface area (Å²) in [6, 6.07) is 3.79. The summed E-state index contributed by atoms with van der Waals surface area (Å²) in [6.45, 7) is 2.20. The molecule has 1 rings (SSSR count). The summed E-state index contributed by atoms with van der Waals surface area (Å²) >= 11 is 0. The van der Waals surface area contributed by atoms with Crippen LogP contribution in [0.1, 0.15) is 5.69 Å². The molecule has 0 unspecified atom stereocenters. The van der Waals surface area contributed by atoms with E-state index in [2.05, 4.69) is 15.6 Å². The first-order chi connectivity index (χ1) is 6.22. The van der Waals surface area contributed by atoms with E-state index in [0.717, 1.165) is 11.4 Å². The van der Waals surface area contributed by atoms with Crippen molar-refractivity contribution in [3.8, 4) is 0 Å². The second-order valence-corrected chi connectivity index (χ2v) is 2.71. The molecule has 0 atom stereocenters. The number of rotatable bonds is 3. The number of aryl methyl sites for hydroxylation is 1. The first-order valence-electron chi connectivity index (χ1n) is 4.09. The predicted molar refractivity (Wildman–Crippen MR) is 51.5 cm³/mol. The van der Waals surface area contributed by atoms with Crippen LogP contribution in [0.4, 0.5) is 5.69 Å². The van der Waals surface area contributed by atoms with E-state index in [-0.39, 0.29) is 12.5 Å². The van der Waals surface area contributed by atoms with Crippen LogP contribution in [0.15, 0.2) is 18.3 Å². The Hall–Kier alpha value is -1.58. The molecule has 0 aliphatic rings. The quantitative estimate of drug-likeness (QED) is 0.712. The van der Waals surface area contributed by atoms with Gasteiger partial charge in [-0.2, -0.15) is 0 Å². The van der Waals surface area contributed by atoms with E-state index < -0.39 is 0 Å². The highest BCUT2D eigenvalue weighted by Crippen LogP contribution is 2.03. The van der Waals surface area contributed by atoms with Gasteiger partial charge in [0.15, 0.2) is 0 Å². The minimum Gasteiger partial charge on any atom is -0.375 e. The molecule has 1 aromatic rings. The molecule has 0 radical (unpaired) electrons. The van der Waals surface area contributed by atoms with Gasteiger partial charge in [0, 0.05) is 12.7 Å². The molecule has 1 heterocycles. The number of hydrogen-bond donors (Lipinski definition) is 2. The topological polar surface area (TPSA) is 54.0 Å². The van der Waals surface area contributed by atoms with Gasteiger partial charge in [-0.15, -0.1) is 0 Å². The number of amides is 1. The zero-order chi connectivity index (χ0) is 9.68. The average molecular weight is 179 g/mol. The van der Waals surface area contributed by atoms with Gasteiger partial charge in [-0.3, -0.25) is 9.78 Å². The maximum Gasteiger partial charge on any atom is 0.239 e. The van der Waals surface area contributed by atoms with Crippen molar-refractivity contribution in [2.45, 2.75) is 6.92 Å². The lowest BCUT2D eigenvalue weighted by Gasteiger charge is -2.04. The zero-order valence-corrected chi connectivity index (χ0v) is 7.79. The Morgan fingerprint density at radius 2 is 2.31 bits per heavy atom.